The Kier molecular flexibility index (Phi) is 3.38. The summed E-state index contributed by atoms with van der Waals surface area (Å²) in [7, 11) is 0. The van der Waals surface area contributed by atoms with Crippen LogP contribution in [0, 0.1) is 0 Å². The molecule has 5 nitrogen and oxygen atoms in total. The quantitative estimate of drug-likeness (QED) is 0.573. The number of carbonyl (C=O) groups excluding carboxylic acids is 2. The van der Waals surface area contributed by atoms with Gasteiger partial charge in [-0.15, -0.1) is 0 Å². The number of hydrogen-bond donors (Lipinski definition) is 1. The molecule has 1 saturated heterocycles. The summed E-state index contributed by atoms with van der Waals surface area (Å²) in [5.41, 5.74) is -1.48. The van der Waals surface area contributed by atoms with E-state index in [-0.39, 0.29) is 24.7 Å². The third-order valence-electron chi connectivity index (χ3n) is 3.50. The molecule has 2 fully saturated rings. The predicted octanol–water partition coefficient (Wildman–Crippen LogP) is 0.766. The zero-order valence-corrected chi connectivity index (χ0v) is 10.3. The lowest BCUT2D eigenvalue weighted by Gasteiger charge is -2.43. The van der Waals surface area contributed by atoms with Gasteiger partial charge in [-0.1, -0.05) is 12.8 Å². The molecule has 0 aromatic rings. The van der Waals surface area contributed by atoms with Gasteiger partial charge in [0, 0.05) is 0 Å². The van der Waals surface area contributed by atoms with Gasteiger partial charge in [-0.2, -0.15) is 0 Å². The Morgan fingerprint density at radius 3 is 2.94 bits per heavy atom. The summed E-state index contributed by atoms with van der Waals surface area (Å²) in [6.45, 7) is 3.45. The number of morpholine rings is 1. The summed E-state index contributed by atoms with van der Waals surface area (Å²) in [6.07, 6.45) is 3.93. The second-order valence-corrected chi connectivity index (χ2v) is 4.77. The van der Waals surface area contributed by atoms with Crippen LogP contribution in [0.25, 0.3) is 0 Å². The molecule has 17 heavy (non-hydrogen) atoms. The molecule has 0 spiro atoms. The van der Waals surface area contributed by atoms with Crippen molar-refractivity contribution in [3.05, 3.63) is 0 Å². The maximum atomic E-state index is 12.0. The molecule has 1 saturated carbocycles. The molecule has 2 rings (SSSR count). The fraction of sp³-hybridized carbons (Fsp3) is 0.833. The van der Waals surface area contributed by atoms with Crippen molar-refractivity contribution in [3.8, 4) is 0 Å². The Balaban J connectivity index is 2.13. The zero-order valence-electron chi connectivity index (χ0n) is 10.3. The van der Waals surface area contributed by atoms with Crippen molar-refractivity contribution < 1.29 is 19.1 Å². The second-order valence-electron chi connectivity index (χ2n) is 4.77. The van der Waals surface area contributed by atoms with Crippen molar-refractivity contribution in [2.75, 3.05) is 6.61 Å². The van der Waals surface area contributed by atoms with E-state index >= 15 is 0 Å². The van der Waals surface area contributed by atoms with Gasteiger partial charge >= 0.3 is 5.97 Å². The Labute approximate surface area is 101 Å². The molecular weight excluding hydrogens is 222 g/mol. The maximum Gasteiger partial charge on any atom is 0.348 e. The minimum absolute atomic E-state index is 0.0544. The van der Waals surface area contributed by atoms with Crippen LogP contribution in [0.2, 0.25) is 0 Å². The van der Waals surface area contributed by atoms with Crippen LogP contribution in [0.4, 0.5) is 0 Å². The molecule has 0 aromatic carbocycles. The fourth-order valence-corrected chi connectivity index (χ4v) is 2.48. The molecular formula is C12H19NO4. The molecule has 1 aliphatic heterocycles. The van der Waals surface area contributed by atoms with Gasteiger partial charge < -0.3 is 14.8 Å². The van der Waals surface area contributed by atoms with Gasteiger partial charge in [0.15, 0.2) is 0 Å². The van der Waals surface area contributed by atoms with Crippen molar-refractivity contribution in [2.45, 2.75) is 57.3 Å². The van der Waals surface area contributed by atoms with E-state index < -0.39 is 11.6 Å². The van der Waals surface area contributed by atoms with Gasteiger partial charge in [0.05, 0.1) is 18.8 Å². The predicted molar refractivity (Wildman–Crippen MR) is 60.3 cm³/mol. The molecule has 1 heterocycles. The van der Waals surface area contributed by atoms with Gasteiger partial charge in [-0.3, -0.25) is 4.79 Å². The molecule has 1 unspecified atom stereocenters. The molecule has 0 radical (unpaired) electrons. The lowest BCUT2D eigenvalue weighted by molar-refractivity contribution is -0.195. The number of nitrogens with one attached hydrogen (secondary N) is 1. The SMILES string of the molecule is CCOC(=O)[C@@]1(C)OC2CCCC[C@H]2NC1=O. The van der Waals surface area contributed by atoms with Crippen LogP contribution >= 0.6 is 0 Å². The van der Waals surface area contributed by atoms with Gasteiger partial charge in [0.1, 0.15) is 0 Å². The summed E-state index contributed by atoms with van der Waals surface area (Å²) >= 11 is 0. The highest BCUT2D eigenvalue weighted by Crippen LogP contribution is 2.30. The van der Waals surface area contributed by atoms with Crippen LogP contribution in [0.1, 0.15) is 39.5 Å². The van der Waals surface area contributed by atoms with Crippen molar-refractivity contribution in [3.63, 3.8) is 0 Å². The van der Waals surface area contributed by atoms with E-state index in [4.69, 9.17) is 9.47 Å². The third-order valence-corrected chi connectivity index (χ3v) is 3.50. The van der Waals surface area contributed by atoms with E-state index in [2.05, 4.69) is 5.32 Å². The Morgan fingerprint density at radius 1 is 1.53 bits per heavy atom. The minimum Gasteiger partial charge on any atom is -0.463 e. The topological polar surface area (TPSA) is 64.6 Å². The molecule has 5 heteroatoms. The van der Waals surface area contributed by atoms with E-state index in [0.29, 0.717) is 0 Å². The molecule has 1 amide bonds. The number of hydrogen-bond acceptors (Lipinski definition) is 4. The number of amides is 1. The summed E-state index contributed by atoms with van der Waals surface area (Å²) in [5, 5.41) is 2.88. The average Bonchev–Trinajstić information content (AvgIpc) is 2.31. The highest BCUT2D eigenvalue weighted by Gasteiger charge is 2.51. The number of ether oxygens (including phenoxy) is 2. The van der Waals surface area contributed by atoms with Gasteiger partial charge in [-0.05, 0) is 26.7 Å². The number of fused-ring (bicyclic) bond motifs is 1. The van der Waals surface area contributed by atoms with Crippen molar-refractivity contribution in [1.82, 2.24) is 5.32 Å². The highest BCUT2D eigenvalue weighted by atomic mass is 16.6. The number of esters is 1. The van der Waals surface area contributed by atoms with E-state index in [1.54, 1.807) is 6.92 Å². The Bertz CT molecular complexity index is 330. The standard InChI is InChI=1S/C12H19NO4/c1-3-16-11(15)12(2)10(14)13-8-6-4-5-7-9(8)17-12/h8-9H,3-7H2,1-2H3,(H,13,14)/t8-,9?,12+/m1/s1. The van der Waals surface area contributed by atoms with Crippen molar-refractivity contribution in [1.29, 1.82) is 0 Å². The van der Waals surface area contributed by atoms with Crippen LogP contribution in [-0.4, -0.2) is 36.2 Å². The van der Waals surface area contributed by atoms with Crippen LogP contribution in [-0.2, 0) is 19.1 Å². The minimum atomic E-state index is -1.48. The fourth-order valence-electron chi connectivity index (χ4n) is 2.48. The summed E-state index contributed by atoms with van der Waals surface area (Å²) < 4.78 is 10.6. The Morgan fingerprint density at radius 2 is 2.24 bits per heavy atom. The molecule has 0 bridgehead atoms. The molecule has 1 aliphatic carbocycles. The van der Waals surface area contributed by atoms with Crippen LogP contribution in [0.3, 0.4) is 0 Å². The molecule has 0 aromatic heterocycles. The molecule has 1 N–H and O–H groups in total. The molecule has 2 aliphatic rings. The molecule has 96 valence electrons. The summed E-state index contributed by atoms with van der Waals surface area (Å²) in [5.74, 6) is -0.972. The van der Waals surface area contributed by atoms with Crippen LogP contribution in [0.5, 0.6) is 0 Å². The van der Waals surface area contributed by atoms with Gasteiger partial charge in [0.2, 0.25) is 5.60 Å². The van der Waals surface area contributed by atoms with E-state index in [1.165, 1.54) is 6.92 Å². The summed E-state index contributed by atoms with van der Waals surface area (Å²) in [4.78, 5) is 23.7. The van der Waals surface area contributed by atoms with Crippen molar-refractivity contribution >= 4 is 11.9 Å². The first kappa shape index (κ1) is 12.4. The maximum absolute atomic E-state index is 12.0. The lowest BCUT2D eigenvalue weighted by Crippen LogP contribution is -2.65. The highest BCUT2D eigenvalue weighted by molar-refractivity contribution is 6.06. The monoisotopic (exact) mass is 241 g/mol. The first-order valence-corrected chi connectivity index (χ1v) is 6.24. The first-order chi connectivity index (χ1) is 8.08. The van der Waals surface area contributed by atoms with Gasteiger partial charge in [0.25, 0.3) is 5.91 Å². The number of carbonyl (C=O) groups is 2. The van der Waals surface area contributed by atoms with E-state index in [0.717, 1.165) is 25.7 Å². The lowest BCUT2D eigenvalue weighted by atomic mass is 9.88. The second kappa shape index (κ2) is 4.64. The normalized spacial score (nSPS) is 36.9. The van der Waals surface area contributed by atoms with E-state index in [9.17, 15) is 9.59 Å². The van der Waals surface area contributed by atoms with Crippen molar-refractivity contribution in [2.24, 2.45) is 0 Å². The first-order valence-electron chi connectivity index (χ1n) is 6.24. The summed E-state index contributed by atoms with van der Waals surface area (Å²) in [6, 6.07) is 0.0544. The van der Waals surface area contributed by atoms with Gasteiger partial charge in [-0.25, -0.2) is 4.79 Å². The Hall–Kier alpha value is -1.10. The smallest absolute Gasteiger partial charge is 0.348 e. The largest absolute Gasteiger partial charge is 0.463 e. The van der Waals surface area contributed by atoms with Crippen LogP contribution < -0.4 is 5.32 Å². The number of rotatable bonds is 2. The zero-order chi connectivity index (χ0) is 12.5. The average molecular weight is 241 g/mol. The molecule has 3 atom stereocenters. The third kappa shape index (κ3) is 2.16. The van der Waals surface area contributed by atoms with E-state index in [1.807, 2.05) is 0 Å². The van der Waals surface area contributed by atoms with Crippen LogP contribution in [0.15, 0.2) is 0 Å².